The molecule has 0 amide bonds. The van der Waals surface area contributed by atoms with Crippen LogP contribution in [0.3, 0.4) is 0 Å². The SMILES string of the molecule is Cc1cccc([C@H](C)CO)c1. The lowest BCUT2D eigenvalue weighted by atomic mass is 10.0. The van der Waals surface area contributed by atoms with Crippen molar-refractivity contribution in [3.63, 3.8) is 0 Å². The van der Waals surface area contributed by atoms with E-state index < -0.39 is 0 Å². The molecule has 1 aromatic carbocycles. The van der Waals surface area contributed by atoms with Crippen LogP contribution < -0.4 is 0 Å². The summed E-state index contributed by atoms with van der Waals surface area (Å²) < 4.78 is 0. The molecule has 0 aliphatic carbocycles. The maximum Gasteiger partial charge on any atom is 0.0497 e. The number of rotatable bonds is 2. The first-order valence-electron chi connectivity index (χ1n) is 3.91. The van der Waals surface area contributed by atoms with Crippen LogP contribution in [0.4, 0.5) is 0 Å². The van der Waals surface area contributed by atoms with Crippen molar-refractivity contribution in [1.82, 2.24) is 0 Å². The molecule has 0 aromatic heterocycles. The van der Waals surface area contributed by atoms with Gasteiger partial charge in [0, 0.05) is 12.5 Å². The Bertz CT molecular complexity index is 230. The molecule has 0 radical (unpaired) electrons. The molecule has 0 saturated heterocycles. The fraction of sp³-hybridized carbons (Fsp3) is 0.400. The van der Waals surface area contributed by atoms with Gasteiger partial charge < -0.3 is 5.11 Å². The molecule has 0 aliphatic heterocycles. The third kappa shape index (κ3) is 2.05. The smallest absolute Gasteiger partial charge is 0.0497 e. The zero-order chi connectivity index (χ0) is 8.27. The second-order valence-corrected chi connectivity index (χ2v) is 3.00. The maximum absolute atomic E-state index is 8.88. The van der Waals surface area contributed by atoms with E-state index >= 15 is 0 Å². The highest BCUT2D eigenvalue weighted by molar-refractivity contribution is 5.24. The van der Waals surface area contributed by atoms with Gasteiger partial charge in [0.15, 0.2) is 0 Å². The van der Waals surface area contributed by atoms with Crippen molar-refractivity contribution in [3.8, 4) is 0 Å². The van der Waals surface area contributed by atoms with Gasteiger partial charge in [-0.1, -0.05) is 36.8 Å². The molecular weight excluding hydrogens is 136 g/mol. The van der Waals surface area contributed by atoms with E-state index in [0.29, 0.717) is 0 Å². The van der Waals surface area contributed by atoms with Crippen LogP contribution in [-0.2, 0) is 0 Å². The van der Waals surface area contributed by atoms with Gasteiger partial charge in [-0.3, -0.25) is 0 Å². The maximum atomic E-state index is 8.88. The average molecular weight is 150 g/mol. The van der Waals surface area contributed by atoms with Crippen LogP contribution in [0.5, 0.6) is 0 Å². The normalized spacial score (nSPS) is 13.0. The van der Waals surface area contributed by atoms with Crippen molar-refractivity contribution in [2.45, 2.75) is 19.8 Å². The Hall–Kier alpha value is -0.820. The second-order valence-electron chi connectivity index (χ2n) is 3.00. The largest absolute Gasteiger partial charge is 0.396 e. The van der Waals surface area contributed by atoms with Crippen molar-refractivity contribution >= 4 is 0 Å². The van der Waals surface area contributed by atoms with Gasteiger partial charge in [-0.05, 0) is 12.5 Å². The summed E-state index contributed by atoms with van der Waals surface area (Å²) in [6.45, 7) is 4.31. The van der Waals surface area contributed by atoms with Crippen molar-refractivity contribution in [3.05, 3.63) is 35.4 Å². The molecule has 0 spiro atoms. The number of aliphatic hydroxyl groups is 1. The van der Waals surface area contributed by atoms with E-state index in [0.717, 1.165) is 0 Å². The van der Waals surface area contributed by atoms with E-state index in [1.807, 2.05) is 19.1 Å². The third-order valence-corrected chi connectivity index (χ3v) is 1.89. The van der Waals surface area contributed by atoms with Crippen LogP contribution in [0.2, 0.25) is 0 Å². The zero-order valence-electron chi connectivity index (χ0n) is 7.04. The molecule has 0 fully saturated rings. The van der Waals surface area contributed by atoms with E-state index in [2.05, 4.69) is 19.1 Å². The van der Waals surface area contributed by atoms with E-state index in [4.69, 9.17) is 5.11 Å². The van der Waals surface area contributed by atoms with Gasteiger partial charge in [-0.25, -0.2) is 0 Å². The summed E-state index contributed by atoms with van der Waals surface area (Å²) in [6.07, 6.45) is 0. The molecule has 0 saturated carbocycles. The first-order valence-corrected chi connectivity index (χ1v) is 3.91. The fourth-order valence-electron chi connectivity index (χ4n) is 1.08. The topological polar surface area (TPSA) is 20.2 Å². The van der Waals surface area contributed by atoms with Gasteiger partial charge in [0.2, 0.25) is 0 Å². The van der Waals surface area contributed by atoms with Crippen LogP contribution in [0.1, 0.15) is 24.0 Å². The lowest BCUT2D eigenvalue weighted by molar-refractivity contribution is 0.273. The van der Waals surface area contributed by atoms with Gasteiger partial charge in [-0.2, -0.15) is 0 Å². The zero-order valence-corrected chi connectivity index (χ0v) is 7.04. The average Bonchev–Trinajstić information content (AvgIpc) is 2.03. The molecule has 1 heteroatoms. The highest BCUT2D eigenvalue weighted by Gasteiger charge is 2.01. The fourth-order valence-corrected chi connectivity index (χ4v) is 1.08. The minimum Gasteiger partial charge on any atom is -0.396 e. The standard InChI is InChI=1S/C10H14O/c1-8-4-3-5-10(6-8)9(2)7-11/h3-6,9,11H,7H2,1-2H3/t9-/m1/s1. The van der Waals surface area contributed by atoms with E-state index in [1.165, 1.54) is 11.1 Å². The van der Waals surface area contributed by atoms with Gasteiger partial charge in [0.25, 0.3) is 0 Å². The predicted octanol–water partition coefficient (Wildman–Crippen LogP) is 2.09. The number of aryl methyl sites for hydroxylation is 1. The Kier molecular flexibility index (Phi) is 2.66. The molecular formula is C10H14O. The van der Waals surface area contributed by atoms with Crippen molar-refractivity contribution < 1.29 is 5.11 Å². The molecule has 1 rings (SSSR count). The minimum atomic E-state index is 0.226. The Morgan fingerprint density at radius 2 is 2.18 bits per heavy atom. The molecule has 11 heavy (non-hydrogen) atoms. The summed E-state index contributed by atoms with van der Waals surface area (Å²) in [5.74, 6) is 0.259. The van der Waals surface area contributed by atoms with E-state index in [1.54, 1.807) is 0 Å². The van der Waals surface area contributed by atoms with Gasteiger partial charge in [0.1, 0.15) is 0 Å². The summed E-state index contributed by atoms with van der Waals surface area (Å²) in [4.78, 5) is 0. The van der Waals surface area contributed by atoms with Gasteiger partial charge in [0.05, 0.1) is 0 Å². The van der Waals surface area contributed by atoms with Crippen LogP contribution in [-0.4, -0.2) is 11.7 Å². The van der Waals surface area contributed by atoms with Crippen LogP contribution in [0.15, 0.2) is 24.3 Å². The van der Waals surface area contributed by atoms with E-state index in [-0.39, 0.29) is 12.5 Å². The number of hydrogen-bond donors (Lipinski definition) is 1. The van der Waals surface area contributed by atoms with Crippen molar-refractivity contribution in [2.75, 3.05) is 6.61 Å². The molecule has 1 aromatic rings. The Balaban J connectivity index is 2.86. The monoisotopic (exact) mass is 150 g/mol. The van der Waals surface area contributed by atoms with Gasteiger partial charge in [-0.15, -0.1) is 0 Å². The molecule has 1 N–H and O–H groups in total. The Morgan fingerprint density at radius 1 is 1.45 bits per heavy atom. The molecule has 0 aliphatic rings. The van der Waals surface area contributed by atoms with Crippen LogP contribution >= 0.6 is 0 Å². The Labute approximate surface area is 67.7 Å². The summed E-state index contributed by atoms with van der Waals surface area (Å²) in [6, 6.07) is 8.25. The molecule has 1 atom stereocenters. The quantitative estimate of drug-likeness (QED) is 0.684. The summed E-state index contributed by atoms with van der Waals surface area (Å²) in [7, 11) is 0. The summed E-state index contributed by atoms with van der Waals surface area (Å²) in [5, 5.41) is 8.88. The highest BCUT2D eigenvalue weighted by atomic mass is 16.3. The Morgan fingerprint density at radius 3 is 2.73 bits per heavy atom. The first-order chi connectivity index (χ1) is 5.24. The molecule has 0 heterocycles. The number of aliphatic hydroxyl groups excluding tert-OH is 1. The molecule has 1 nitrogen and oxygen atoms in total. The minimum absolute atomic E-state index is 0.226. The summed E-state index contributed by atoms with van der Waals surface area (Å²) >= 11 is 0. The van der Waals surface area contributed by atoms with E-state index in [9.17, 15) is 0 Å². The second kappa shape index (κ2) is 3.54. The first kappa shape index (κ1) is 8.28. The highest BCUT2D eigenvalue weighted by Crippen LogP contribution is 2.14. The van der Waals surface area contributed by atoms with Crippen molar-refractivity contribution in [2.24, 2.45) is 0 Å². The number of hydrogen-bond acceptors (Lipinski definition) is 1. The summed E-state index contributed by atoms with van der Waals surface area (Å²) in [5.41, 5.74) is 2.47. The predicted molar refractivity (Wildman–Crippen MR) is 46.7 cm³/mol. The lowest BCUT2D eigenvalue weighted by Gasteiger charge is -2.07. The molecule has 60 valence electrons. The van der Waals surface area contributed by atoms with Crippen LogP contribution in [0, 0.1) is 6.92 Å². The third-order valence-electron chi connectivity index (χ3n) is 1.89. The molecule has 0 unspecified atom stereocenters. The van der Waals surface area contributed by atoms with Crippen molar-refractivity contribution in [1.29, 1.82) is 0 Å². The number of benzene rings is 1. The molecule has 0 bridgehead atoms. The van der Waals surface area contributed by atoms with Gasteiger partial charge >= 0.3 is 0 Å². The lowest BCUT2D eigenvalue weighted by Crippen LogP contribution is -1.98. The van der Waals surface area contributed by atoms with Crippen LogP contribution in [0.25, 0.3) is 0 Å².